The first-order chi connectivity index (χ1) is 12.5. The smallest absolute Gasteiger partial charge is 0.254 e. The lowest BCUT2D eigenvalue weighted by Crippen LogP contribution is -2.42. The van der Waals surface area contributed by atoms with E-state index in [4.69, 9.17) is 9.15 Å². The molecule has 1 aliphatic rings. The number of aromatic amines is 1. The van der Waals surface area contributed by atoms with Gasteiger partial charge in [-0.2, -0.15) is 0 Å². The Morgan fingerprint density at radius 3 is 2.92 bits per heavy atom. The van der Waals surface area contributed by atoms with Crippen LogP contribution < -0.4 is 5.56 Å². The molecule has 7 heteroatoms. The van der Waals surface area contributed by atoms with Crippen molar-refractivity contribution in [1.82, 2.24) is 14.9 Å². The van der Waals surface area contributed by atoms with Crippen molar-refractivity contribution >= 4 is 16.9 Å². The van der Waals surface area contributed by atoms with Crippen molar-refractivity contribution in [1.29, 1.82) is 0 Å². The molecule has 3 heterocycles. The number of rotatable bonds is 2. The van der Waals surface area contributed by atoms with Crippen LogP contribution in [0.3, 0.4) is 0 Å². The zero-order valence-corrected chi connectivity index (χ0v) is 14.6. The van der Waals surface area contributed by atoms with Gasteiger partial charge in [0.05, 0.1) is 18.8 Å². The van der Waals surface area contributed by atoms with Crippen LogP contribution in [0.5, 0.6) is 0 Å². The maximum Gasteiger partial charge on any atom is 0.254 e. The van der Waals surface area contributed by atoms with Gasteiger partial charge in [0.25, 0.3) is 11.5 Å². The topological polar surface area (TPSA) is 88.4 Å². The summed E-state index contributed by atoms with van der Waals surface area (Å²) in [6.07, 6.45) is -0.409. The van der Waals surface area contributed by atoms with E-state index in [2.05, 4.69) is 9.97 Å². The Kier molecular flexibility index (Phi) is 4.08. The van der Waals surface area contributed by atoms with E-state index in [1.165, 1.54) is 6.07 Å². The summed E-state index contributed by atoms with van der Waals surface area (Å²) in [5, 5.41) is 0.907. The Morgan fingerprint density at radius 2 is 2.12 bits per heavy atom. The molecule has 3 aromatic rings. The molecule has 1 fully saturated rings. The van der Waals surface area contributed by atoms with Crippen LogP contribution in [-0.4, -0.2) is 40.5 Å². The molecular weight excluding hydrogens is 334 g/mol. The third kappa shape index (κ3) is 3.13. The lowest BCUT2D eigenvalue weighted by Gasteiger charge is -2.32. The second kappa shape index (κ2) is 6.42. The number of H-pyrrole nitrogens is 1. The number of morpholine rings is 1. The van der Waals surface area contributed by atoms with Crippen LogP contribution in [-0.2, 0) is 4.74 Å². The molecule has 26 heavy (non-hydrogen) atoms. The molecule has 0 saturated carbocycles. The number of carbonyl (C=O) groups is 1. The SMILES string of the molecule is Cc1nc([C@H]2CN(C(=O)c3ccc4oc(C)cc4c3)CCO2)cc(=O)[nH]1. The van der Waals surface area contributed by atoms with Crippen molar-refractivity contribution in [3.8, 4) is 0 Å². The zero-order valence-electron chi connectivity index (χ0n) is 14.6. The van der Waals surface area contributed by atoms with Crippen LogP contribution in [0.1, 0.15) is 33.7 Å². The fourth-order valence-electron chi connectivity index (χ4n) is 3.27. The normalized spacial score (nSPS) is 17.6. The Balaban J connectivity index is 1.58. The Morgan fingerprint density at radius 1 is 1.27 bits per heavy atom. The number of carbonyl (C=O) groups excluding carboxylic acids is 1. The highest BCUT2D eigenvalue weighted by Crippen LogP contribution is 2.24. The number of hydrogen-bond donors (Lipinski definition) is 1. The number of amides is 1. The predicted octanol–water partition coefficient (Wildman–Crippen LogP) is 2.35. The number of nitrogens with zero attached hydrogens (tertiary/aromatic N) is 2. The summed E-state index contributed by atoms with van der Waals surface area (Å²) in [5.41, 5.74) is 1.70. The zero-order chi connectivity index (χ0) is 18.3. The Bertz CT molecular complexity index is 1040. The van der Waals surface area contributed by atoms with Crippen LogP contribution in [0.25, 0.3) is 11.0 Å². The van der Waals surface area contributed by atoms with Gasteiger partial charge >= 0.3 is 0 Å². The van der Waals surface area contributed by atoms with Gasteiger partial charge in [-0.05, 0) is 38.1 Å². The average Bonchev–Trinajstić information content (AvgIpc) is 2.99. The van der Waals surface area contributed by atoms with E-state index in [1.807, 2.05) is 25.1 Å². The van der Waals surface area contributed by atoms with Gasteiger partial charge in [0.1, 0.15) is 23.3 Å². The lowest BCUT2D eigenvalue weighted by atomic mass is 10.1. The van der Waals surface area contributed by atoms with Gasteiger partial charge in [0.2, 0.25) is 0 Å². The first-order valence-corrected chi connectivity index (χ1v) is 8.48. The number of hydrogen-bond acceptors (Lipinski definition) is 5. The van der Waals surface area contributed by atoms with Crippen LogP contribution in [0.15, 0.2) is 39.5 Å². The summed E-state index contributed by atoms with van der Waals surface area (Å²) >= 11 is 0. The Labute approximate surface area is 149 Å². The van der Waals surface area contributed by atoms with Crippen molar-refractivity contribution in [2.75, 3.05) is 19.7 Å². The number of ether oxygens (including phenoxy) is 1. The monoisotopic (exact) mass is 353 g/mol. The summed E-state index contributed by atoms with van der Waals surface area (Å²) in [7, 11) is 0. The fraction of sp³-hybridized carbons (Fsp3) is 0.316. The van der Waals surface area contributed by atoms with Gasteiger partial charge in [-0.25, -0.2) is 4.98 Å². The predicted molar refractivity (Wildman–Crippen MR) is 95.1 cm³/mol. The third-order valence-electron chi connectivity index (χ3n) is 4.45. The van der Waals surface area contributed by atoms with Crippen LogP contribution >= 0.6 is 0 Å². The molecule has 2 aromatic heterocycles. The van der Waals surface area contributed by atoms with Gasteiger partial charge in [0, 0.05) is 23.6 Å². The highest BCUT2D eigenvalue weighted by molar-refractivity contribution is 5.97. The minimum Gasteiger partial charge on any atom is -0.461 e. The number of furan rings is 1. The first kappa shape index (κ1) is 16.5. The van der Waals surface area contributed by atoms with Crippen LogP contribution in [0.4, 0.5) is 0 Å². The molecule has 7 nitrogen and oxygen atoms in total. The van der Waals surface area contributed by atoms with E-state index in [-0.39, 0.29) is 11.5 Å². The van der Waals surface area contributed by atoms with E-state index in [0.717, 1.165) is 16.7 Å². The first-order valence-electron chi connectivity index (χ1n) is 8.48. The van der Waals surface area contributed by atoms with Crippen molar-refractivity contribution in [3.63, 3.8) is 0 Å². The largest absolute Gasteiger partial charge is 0.461 e. The molecule has 1 N–H and O–H groups in total. The number of fused-ring (bicyclic) bond motifs is 1. The van der Waals surface area contributed by atoms with Crippen molar-refractivity contribution in [2.24, 2.45) is 0 Å². The summed E-state index contributed by atoms with van der Waals surface area (Å²) in [5.74, 6) is 1.27. The maximum atomic E-state index is 12.9. The summed E-state index contributed by atoms with van der Waals surface area (Å²) in [6, 6.07) is 8.76. The standard InChI is InChI=1S/C19H19N3O4/c1-11-7-14-8-13(3-4-16(14)26-11)19(24)22-5-6-25-17(10-22)15-9-18(23)21-12(2)20-15/h3-4,7-9,17H,5-6,10H2,1-2H3,(H,20,21,23)/t17-/m1/s1. The quantitative estimate of drug-likeness (QED) is 0.764. The number of aromatic nitrogens is 2. The number of nitrogens with one attached hydrogen (secondary N) is 1. The molecule has 4 rings (SSSR count). The van der Waals surface area contributed by atoms with Crippen molar-refractivity contribution in [2.45, 2.75) is 20.0 Å². The van der Waals surface area contributed by atoms with E-state index in [1.54, 1.807) is 17.9 Å². The fourth-order valence-corrected chi connectivity index (χ4v) is 3.27. The highest BCUT2D eigenvalue weighted by Gasteiger charge is 2.27. The molecular formula is C19H19N3O4. The van der Waals surface area contributed by atoms with Crippen molar-refractivity contribution < 1.29 is 13.9 Å². The summed E-state index contributed by atoms with van der Waals surface area (Å²) in [4.78, 5) is 33.3. The molecule has 0 radical (unpaired) electrons. The lowest BCUT2D eigenvalue weighted by molar-refractivity contribution is -0.0248. The molecule has 1 amide bonds. The third-order valence-corrected chi connectivity index (χ3v) is 4.45. The number of aryl methyl sites for hydroxylation is 2. The van der Waals surface area contributed by atoms with Gasteiger partial charge < -0.3 is 19.0 Å². The molecule has 0 unspecified atom stereocenters. The molecule has 134 valence electrons. The molecule has 1 saturated heterocycles. The Hall–Kier alpha value is -2.93. The minimum atomic E-state index is -0.409. The van der Waals surface area contributed by atoms with Crippen LogP contribution in [0.2, 0.25) is 0 Å². The summed E-state index contributed by atoms with van der Waals surface area (Å²) in [6.45, 7) is 4.86. The van der Waals surface area contributed by atoms with E-state index < -0.39 is 6.10 Å². The minimum absolute atomic E-state index is 0.0689. The highest BCUT2D eigenvalue weighted by atomic mass is 16.5. The molecule has 0 bridgehead atoms. The molecule has 0 aliphatic carbocycles. The van der Waals surface area contributed by atoms with Gasteiger partial charge in [0.15, 0.2) is 0 Å². The molecule has 1 atom stereocenters. The second-order valence-electron chi connectivity index (χ2n) is 6.48. The van der Waals surface area contributed by atoms with Crippen LogP contribution in [0, 0.1) is 13.8 Å². The van der Waals surface area contributed by atoms with Crippen molar-refractivity contribution in [3.05, 3.63) is 63.5 Å². The second-order valence-corrected chi connectivity index (χ2v) is 6.48. The van der Waals surface area contributed by atoms with E-state index >= 15 is 0 Å². The van der Waals surface area contributed by atoms with E-state index in [9.17, 15) is 9.59 Å². The van der Waals surface area contributed by atoms with Gasteiger partial charge in [-0.3, -0.25) is 9.59 Å². The van der Waals surface area contributed by atoms with E-state index in [0.29, 0.717) is 36.8 Å². The molecule has 0 spiro atoms. The summed E-state index contributed by atoms with van der Waals surface area (Å²) < 4.78 is 11.3. The molecule has 1 aromatic carbocycles. The number of benzene rings is 1. The molecule has 1 aliphatic heterocycles. The maximum absolute atomic E-state index is 12.9. The average molecular weight is 353 g/mol. The van der Waals surface area contributed by atoms with Gasteiger partial charge in [-0.1, -0.05) is 0 Å². The van der Waals surface area contributed by atoms with Gasteiger partial charge in [-0.15, -0.1) is 0 Å².